The third-order valence-electron chi connectivity index (χ3n) is 5.04. The molecule has 2 aliphatic heterocycles. The van der Waals surface area contributed by atoms with E-state index >= 15 is 0 Å². The van der Waals surface area contributed by atoms with Gasteiger partial charge >= 0.3 is 0 Å². The highest BCUT2D eigenvalue weighted by molar-refractivity contribution is 6.30. The number of rotatable bonds is 4. The molecule has 7 heteroatoms. The number of aliphatic hydroxyl groups is 1. The number of halogens is 1. The van der Waals surface area contributed by atoms with Gasteiger partial charge in [0.15, 0.2) is 0 Å². The fraction of sp³-hybridized carbons (Fsp3) is 0.667. The van der Waals surface area contributed by atoms with Gasteiger partial charge in [0.2, 0.25) is 0 Å². The summed E-state index contributed by atoms with van der Waals surface area (Å²) in [6.45, 7) is 8.15. The highest BCUT2D eigenvalue weighted by Gasteiger charge is 2.37. The maximum atomic E-state index is 12.7. The Morgan fingerprint density at radius 2 is 1.92 bits per heavy atom. The van der Waals surface area contributed by atoms with Gasteiger partial charge in [0, 0.05) is 57.6 Å². The predicted molar refractivity (Wildman–Crippen MR) is 95.7 cm³/mol. The van der Waals surface area contributed by atoms with Gasteiger partial charge in [0.1, 0.15) is 0 Å². The molecule has 0 bridgehead atoms. The molecule has 0 aromatic carbocycles. The number of amides is 1. The Hall–Kier alpha value is -1.21. The molecule has 2 aliphatic rings. The van der Waals surface area contributed by atoms with Gasteiger partial charge in [0.25, 0.3) is 5.91 Å². The molecule has 6 nitrogen and oxygen atoms in total. The van der Waals surface area contributed by atoms with Crippen molar-refractivity contribution in [3.8, 4) is 0 Å². The molecule has 138 valence electrons. The summed E-state index contributed by atoms with van der Waals surface area (Å²) >= 11 is 5.94. The Morgan fingerprint density at radius 1 is 1.24 bits per heavy atom. The zero-order chi connectivity index (χ0) is 18.0. The quantitative estimate of drug-likeness (QED) is 0.874. The first-order valence-electron chi connectivity index (χ1n) is 8.84. The monoisotopic (exact) mass is 367 g/mol. The lowest BCUT2D eigenvalue weighted by Crippen LogP contribution is -2.48. The first-order valence-corrected chi connectivity index (χ1v) is 9.22. The van der Waals surface area contributed by atoms with Crippen molar-refractivity contribution in [3.63, 3.8) is 0 Å². The summed E-state index contributed by atoms with van der Waals surface area (Å²) in [5.74, 6) is 0.294. The van der Waals surface area contributed by atoms with Crippen LogP contribution in [0.15, 0.2) is 18.5 Å². The van der Waals surface area contributed by atoms with E-state index in [9.17, 15) is 9.90 Å². The highest BCUT2D eigenvalue weighted by Crippen LogP contribution is 2.27. The number of nitrogens with zero attached hydrogens (tertiary/aromatic N) is 3. The second kappa shape index (κ2) is 7.99. The summed E-state index contributed by atoms with van der Waals surface area (Å²) in [7, 11) is 0. The molecule has 1 N–H and O–H groups in total. The molecule has 1 amide bonds. The molecule has 0 saturated carbocycles. The zero-order valence-corrected chi connectivity index (χ0v) is 15.5. The molecule has 25 heavy (non-hydrogen) atoms. The molecule has 2 saturated heterocycles. The molecule has 1 aromatic rings. The van der Waals surface area contributed by atoms with E-state index in [0.717, 1.165) is 19.6 Å². The normalized spacial score (nSPS) is 30.6. The van der Waals surface area contributed by atoms with Crippen LogP contribution in [0.25, 0.3) is 0 Å². The molecule has 0 radical (unpaired) electrons. The summed E-state index contributed by atoms with van der Waals surface area (Å²) in [5.41, 5.74) is 0.499. The summed E-state index contributed by atoms with van der Waals surface area (Å²) in [4.78, 5) is 20.9. The number of carbonyl (C=O) groups is 1. The third kappa shape index (κ3) is 4.50. The Bertz CT molecular complexity index is 605. The van der Waals surface area contributed by atoms with Crippen molar-refractivity contribution in [1.82, 2.24) is 14.8 Å². The fourth-order valence-corrected chi connectivity index (χ4v) is 4.17. The SMILES string of the molecule is C[C@@H]1CN(C[C@H]2CN(C(=O)c3cncc(Cl)c3)C[C@H]2CO)C[C@H](C)O1. The Morgan fingerprint density at radius 3 is 2.56 bits per heavy atom. The van der Waals surface area contributed by atoms with E-state index in [2.05, 4.69) is 23.7 Å². The number of likely N-dealkylation sites (tertiary alicyclic amines) is 1. The number of aromatic nitrogens is 1. The number of carbonyl (C=O) groups excluding carboxylic acids is 1. The van der Waals surface area contributed by atoms with Crippen molar-refractivity contribution in [1.29, 1.82) is 0 Å². The first-order chi connectivity index (χ1) is 12.0. The molecule has 2 fully saturated rings. The molecule has 4 atom stereocenters. The van der Waals surface area contributed by atoms with E-state index in [1.807, 2.05) is 4.90 Å². The summed E-state index contributed by atoms with van der Waals surface area (Å²) < 4.78 is 5.79. The standard InChI is InChI=1S/C18H26ClN3O3/c1-12-6-21(7-13(2)25-12)8-15-9-22(10-16(15)11-23)18(24)14-3-17(19)5-20-4-14/h3-5,12-13,15-16,23H,6-11H2,1-2H3/t12-,13+,15-,16-/m0/s1. The van der Waals surface area contributed by atoms with Crippen molar-refractivity contribution in [3.05, 3.63) is 29.0 Å². The maximum absolute atomic E-state index is 12.7. The average molecular weight is 368 g/mol. The van der Waals surface area contributed by atoms with Crippen LogP contribution in [0.5, 0.6) is 0 Å². The third-order valence-corrected chi connectivity index (χ3v) is 5.24. The lowest BCUT2D eigenvalue weighted by atomic mass is 9.96. The van der Waals surface area contributed by atoms with Crippen LogP contribution < -0.4 is 0 Å². The zero-order valence-electron chi connectivity index (χ0n) is 14.8. The maximum Gasteiger partial charge on any atom is 0.255 e. The van der Waals surface area contributed by atoms with Gasteiger partial charge in [-0.05, 0) is 25.8 Å². The van der Waals surface area contributed by atoms with Gasteiger partial charge in [-0.15, -0.1) is 0 Å². The lowest BCUT2D eigenvalue weighted by molar-refractivity contribution is -0.0726. The first kappa shape index (κ1) is 18.6. The van der Waals surface area contributed by atoms with Gasteiger partial charge in [-0.25, -0.2) is 0 Å². The van der Waals surface area contributed by atoms with E-state index in [-0.39, 0.29) is 36.6 Å². The molecule has 1 aromatic heterocycles. The Balaban J connectivity index is 1.65. The van der Waals surface area contributed by atoms with Gasteiger partial charge in [-0.3, -0.25) is 14.7 Å². The average Bonchev–Trinajstić information content (AvgIpc) is 2.96. The molecule has 0 unspecified atom stereocenters. The van der Waals surface area contributed by atoms with Crippen LogP contribution in [-0.4, -0.2) is 77.3 Å². The minimum atomic E-state index is -0.0698. The van der Waals surface area contributed by atoms with Crippen molar-refractivity contribution >= 4 is 17.5 Å². The number of hydrogen-bond acceptors (Lipinski definition) is 5. The van der Waals surface area contributed by atoms with Crippen LogP contribution in [0.2, 0.25) is 5.02 Å². The van der Waals surface area contributed by atoms with Gasteiger partial charge in [-0.2, -0.15) is 0 Å². The molecule has 3 rings (SSSR count). The predicted octanol–water partition coefficient (Wildman–Crippen LogP) is 1.52. The van der Waals surface area contributed by atoms with Gasteiger partial charge < -0.3 is 14.7 Å². The largest absolute Gasteiger partial charge is 0.396 e. The van der Waals surface area contributed by atoms with Crippen molar-refractivity contribution in [2.45, 2.75) is 26.1 Å². The molecule has 3 heterocycles. The van der Waals surface area contributed by atoms with Crippen molar-refractivity contribution in [2.24, 2.45) is 11.8 Å². The molecule has 0 spiro atoms. The molecule has 0 aliphatic carbocycles. The van der Waals surface area contributed by atoms with E-state index in [4.69, 9.17) is 16.3 Å². The van der Waals surface area contributed by atoms with Crippen LogP contribution in [0, 0.1) is 11.8 Å². The van der Waals surface area contributed by atoms with Crippen LogP contribution in [0.4, 0.5) is 0 Å². The minimum Gasteiger partial charge on any atom is -0.396 e. The van der Waals surface area contributed by atoms with Gasteiger partial charge in [0.05, 0.1) is 22.8 Å². The second-order valence-corrected chi connectivity index (χ2v) is 7.72. The van der Waals surface area contributed by atoms with Crippen molar-refractivity contribution < 1.29 is 14.6 Å². The van der Waals surface area contributed by atoms with E-state index in [1.165, 1.54) is 6.20 Å². The van der Waals surface area contributed by atoms with Crippen LogP contribution in [-0.2, 0) is 4.74 Å². The topological polar surface area (TPSA) is 65.9 Å². The van der Waals surface area contributed by atoms with Crippen LogP contribution in [0.1, 0.15) is 24.2 Å². The fourth-order valence-electron chi connectivity index (χ4n) is 3.99. The molecular formula is C18H26ClN3O3. The number of ether oxygens (including phenoxy) is 1. The summed E-state index contributed by atoms with van der Waals surface area (Å²) in [6.07, 6.45) is 3.49. The van der Waals surface area contributed by atoms with E-state index in [0.29, 0.717) is 23.7 Å². The number of morpholine rings is 1. The highest BCUT2D eigenvalue weighted by atomic mass is 35.5. The van der Waals surface area contributed by atoms with E-state index < -0.39 is 0 Å². The summed E-state index contributed by atoms with van der Waals surface area (Å²) in [5, 5.41) is 10.2. The molecular weight excluding hydrogens is 342 g/mol. The Labute approximate surface area is 153 Å². The Kier molecular flexibility index (Phi) is 5.94. The number of hydrogen-bond donors (Lipinski definition) is 1. The minimum absolute atomic E-state index is 0.0698. The van der Waals surface area contributed by atoms with Crippen LogP contribution >= 0.6 is 11.6 Å². The van der Waals surface area contributed by atoms with Gasteiger partial charge in [-0.1, -0.05) is 11.6 Å². The van der Waals surface area contributed by atoms with Crippen molar-refractivity contribution in [2.75, 3.05) is 39.3 Å². The summed E-state index contributed by atoms with van der Waals surface area (Å²) in [6, 6.07) is 1.64. The smallest absolute Gasteiger partial charge is 0.255 e. The van der Waals surface area contributed by atoms with Crippen LogP contribution in [0.3, 0.4) is 0 Å². The second-order valence-electron chi connectivity index (χ2n) is 7.28. The lowest BCUT2D eigenvalue weighted by Gasteiger charge is -2.37. The van der Waals surface area contributed by atoms with E-state index in [1.54, 1.807) is 12.3 Å². The number of pyridine rings is 1. The number of aliphatic hydroxyl groups excluding tert-OH is 1.